The van der Waals surface area contributed by atoms with E-state index in [1.54, 1.807) is 18.2 Å². The first-order chi connectivity index (χ1) is 17.1. The third-order valence-corrected chi connectivity index (χ3v) is 7.36. The van der Waals surface area contributed by atoms with Crippen LogP contribution < -0.4 is 15.8 Å². The van der Waals surface area contributed by atoms with Crippen LogP contribution in [0.4, 0.5) is 5.69 Å². The average Bonchev–Trinajstić information content (AvgIpc) is 3.27. The minimum atomic E-state index is -0.0306. The van der Waals surface area contributed by atoms with Gasteiger partial charge in [-0.25, -0.2) is 0 Å². The van der Waals surface area contributed by atoms with E-state index in [9.17, 15) is 4.79 Å². The number of carbonyl (C=O) groups excluding carboxylic acids is 1. The monoisotopic (exact) mass is 532 g/mol. The molecule has 0 amide bonds. The van der Waals surface area contributed by atoms with Crippen LogP contribution in [0.15, 0.2) is 75.6 Å². The van der Waals surface area contributed by atoms with Crippen LogP contribution >= 0.6 is 15.9 Å². The van der Waals surface area contributed by atoms with Gasteiger partial charge in [0, 0.05) is 45.6 Å². The summed E-state index contributed by atoms with van der Waals surface area (Å²) in [7, 11) is 0. The first-order valence-electron chi connectivity index (χ1n) is 12.1. The smallest absolute Gasteiger partial charge is 0.176 e. The molecule has 4 aromatic rings. The normalized spacial score (nSPS) is 14.0. The zero-order valence-corrected chi connectivity index (χ0v) is 21.1. The second-order valence-corrected chi connectivity index (χ2v) is 9.84. The van der Waals surface area contributed by atoms with Gasteiger partial charge in [0.15, 0.2) is 17.1 Å². The van der Waals surface area contributed by atoms with Gasteiger partial charge in [0.25, 0.3) is 0 Å². The number of anilines is 1. The molecule has 1 aromatic heterocycles. The topological polar surface area (TPSA) is 77.5 Å². The zero-order chi connectivity index (χ0) is 24.2. The van der Waals surface area contributed by atoms with Crippen LogP contribution in [-0.4, -0.2) is 18.9 Å². The number of nitrogen functional groups attached to an aromatic ring is 1. The number of benzene rings is 3. The molecule has 35 heavy (non-hydrogen) atoms. The Morgan fingerprint density at radius 1 is 1.06 bits per heavy atom. The van der Waals surface area contributed by atoms with Crippen LogP contribution in [0.1, 0.15) is 52.5 Å². The van der Waals surface area contributed by atoms with Crippen molar-refractivity contribution in [1.29, 1.82) is 0 Å². The highest BCUT2D eigenvalue weighted by Gasteiger charge is 2.20. The SMILES string of the molecule is Nc1cc(C(=O)CNC(CCOc2cccc3c4c(oc23)CCCC4)c2ccccc2)ccc1Br. The number of ketones is 1. The van der Waals surface area contributed by atoms with Gasteiger partial charge in [0.2, 0.25) is 0 Å². The van der Waals surface area contributed by atoms with Gasteiger partial charge in [-0.2, -0.15) is 0 Å². The summed E-state index contributed by atoms with van der Waals surface area (Å²) < 4.78 is 13.2. The van der Waals surface area contributed by atoms with E-state index < -0.39 is 0 Å². The molecule has 1 aliphatic rings. The second kappa shape index (κ2) is 10.7. The number of Topliss-reactive ketones (excluding diaryl/α,β-unsaturated/α-hetero) is 1. The van der Waals surface area contributed by atoms with Crippen molar-refractivity contribution in [3.05, 3.63) is 93.7 Å². The summed E-state index contributed by atoms with van der Waals surface area (Å²) in [6.07, 6.45) is 5.17. The summed E-state index contributed by atoms with van der Waals surface area (Å²) in [5.41, 5.74) is 10.4. The van der Waals surface area contributed by atoms with Gasteiger partial charge in [-0.3, -0.25) is 4.79 Å². The number of aryl methyl sites for hydroxylation is 2. The van der Waals surface area contributed by atoms with Crippen molar-refractivity contribution in [3.63, 3.8) is 0 Å². The molecule has 0 saturated heterocycles. The number of furan rings is 1. The van der Waals surface area contributed by atoms with E-state index in [4.69, 9.17) is 14.9 Å². The van der Waals surface area contributed by atoms with Crippen LogP contribution in [0.5, 0.6) is 5.75 Å². The Balaban J connectivity index is 1.27. The Bertz CT molecular complexity index is 1330. The molecular formula is C29H29BrN2O3. The summed E-state index contributed by atoms with van der Waals surface area (Å²) in [6, 6.07) is 21.6. The third kappa shape index (κ3) is 5.29. The number of para-hydroxylation sites is 1. The maximum atomic E-state index is 12.8. The van der Waals surface area contributed by atoms with Crippen molar-refractivity contribution in [3.8, 4) is 5.75 Å². The van der Waals surface area contributed by atoms with E-state index >= 15 is 0 Å². The second-order valence-electron chi connectivity index (χ2n) is 8.98. The van der Waals surface area contributed by atoms with Crippen molar-refractivity contribution in [2.24, 2.45) is 0 Å². The molecule has 1 heterocycles. The number of halogens is 1. The average molecular weight is 533 g/mol. The van der Waals surface area contributed by atoms with E-state index in [0.717, 1.165) is 40.0 Å². The third-order valence-electron chi connectivity index (χ3n) is 6.64. The summed E-state index contributed by atoms with van der Waals surface area (Å²) >= 11 is 3.38. The zero-order valence-electron chi connectivity index (χ0n) is 19.6. The molecule has 0 aliphatic heterocycles. The molecule has 5 nitrogen and oxygen atoms in total. The van der Waals surface area contributed by atoms with E-state index in [1.807, 2.05) is 30.3 Å². The fourth-order valence-corrected chi connectivity index (χ4v) is 5.01. The molecule has 1 aliphatic carbocycles. The fourth-order valence-electron chi connectivity index (χ4n) is 4.76. The largest absolute Gasteiger partial charge is 0.490 e. The highest BCUT2D eigenvalue weighted by atomic mass is 79.9. The van der Waals surface area contributed by atoms with Gasteiger partial charge in [-0.15, -0.1) is 0 Å². The van der Waals surface area contributed by atoms with Crippen molar-refractivity contribution in [2.45, 2.75) is 38.1 Å². The Hall–Kier alpha value is -3.09. The molecule has 0 saturated carbocycles. The Morgan fingerprint density at radius 2 is 1.89 bits per heavy atom. The fraction of sp³-hybridized carbons (Fsp3) is 0.276. The Kier molecular flexibility index (Phi) is 7.21. The number of nitrogens with one attached hydrogen (secondary N) is 1. The molecule has 5 rings (SSSR count). The molecule has 0 radical (unpaired) electrons. The van der Waals surface area contributed by atoms with Crippen LogP contribution in [-0.2, 0) is 12.8 Å². The number of fused-ring (bicyclic) bond motifs is 3. The number of rotatable bonds is 9. The van der Waals surface area contributed by atoms with Crippen LogP contribution in [0.25, 0.3) is 11.0 Å². The van der Waals surface area contributed by atoms with E-state index in [-0.39, 0.29) is 18.4 Å². The van der Waals surface area contributed by atoms with Gasteiger partial charge in [-0.05, 0) is 59.0 Å². The first-order valence-corrected chi connectivity index (χ1v) is 12.9. The molecule has 3 aromatic carbocycles. The molecule has 180 valence electrons. The van der Waals surface area contributed by atoms with Crippen molar-refractivity contribution in [1.82, 2.24) is 5.32 Å². The molecule has 1 unspecified atom stereocenters. The number of nitrogens with two attached hydrogens (primary N) is 1. The van der Waals surface area contributed by atoms with E-state index in [2.05, 4.69) is 39.4 Å². The quantitative estimate of drug-likeness (QED) is 0.186. The van der Waals surface area contributed by atoms with Gasteiger partial charge in [-0.1, -0.05) is 48.5 Å². The number of hydrogen-bond acceptors (Lipinski definition) is 5. The lowest BCUT2D eigenvalue weighted by atomic mass is 9.96. The van der Waals surface area contributed by atoms with Gasteiger partial charge < -0.3 is 20.2 Å². The lowest BCUT2D eigenvalue weighted by Crippen LogP contribution is -2.29. The van der Waals surface area contributed by atoms with Crippen molar-refractivity contribution >= 4 is 38.4 Å². The van der Waals surface area contributed by atoms with Crippen molar-refractivity contribution in [2.75, 3.05) is 18.9 Å². The Morgan fingerprint density at radius 3 is 2.71 bits per heavy atom. The summed E-state index contributed by atoms with van der Waals surface area (Å²) in [5.74, 6) is 1.89. The first kappa shape index (κ1) is 23.6. The Labute approximate surface area is 213 Å². The highest BCUT2D eigenvalue weighted by Crippen LogP contribution is 2.36. The minimum absolute atomic E-state index is 0.00279. The standard InChI is InChI=1S/C29H29BrN2O3/c30-23-14-13-20(17-24(23)31)26(33)18-32-25(19-7-2-1-3-8-19)15-16-34-28-12-6-10-22-21-9-4-5-11-27(21)35-29(22)28/h1-3,6-8,10,12-14,17,25,32H,4-5,9,11,15-16,18,31H2. The predicted octanol–water partition coefficient (Wildman–Crippen LogP) is 6.64. The molecule has 3 N–H and O–H groups in total. The van der Waals surface area contributed by atoms with Crippen LogP contribution in [0.2, 0.25) is 0 Å². The molecule has 0 fully saturated rings. The van der Waals surface area contributed by atoms with Gasteiger partial charge in [0.05, 0.1) is 13.2 Å². The summed E-state index contributed by atoms with van der Waals surface area (Å²) in [4.78, 5) is 12.8. The number of carbonyl (C=O) groups is 1. The molecule has 0 spiro atoms. The summed E-state index contributed by atoms with van der Waals surface area (Å²) in [5, 5.41) is 4.60. The maximum Gasteiger partial charge on any atom is 0.176 e. The molecular weight excluding hydrogens is 504 g/mol. The minimum Gasteiger partial charge on any atom is -0.490 e. The van der Waals surface area contributed by atoms with E-state index in [0.29, 0.717) is 24.3 Å². The molecule has 1 atom stereocenters. The maximum absolute atomic E-state index is 12.8. The molecule has 6 heteroatoms. The van der Waals surface area contributed by atoms with Gasteiger partial charge >= 0.3 is 0 Å². The van der Waals surface area contributed by atoms with Gasteiger partial charge in [0.1, 0.15) is 5.76 Å². The lowest BCUT2D eigenvalue weighted by molar-refractivity contribution is 0.0985. The predicted molar refractivity (Wildman–Crippen MR) is 143 cm³/mol. The number of ether oxygens (including phenoxy) is 1. The van der Waals surface area contributed by atoms with Crippen LogP contribution in [0.3, 0.4) is 0 Å². The highest BCUT2D eigenvalue weighted by molar-refractivity contribution is 9.10. The van der Waals surface area contributed by atoms with Crippen LogP contribution in [0, 0.1) is 0 Å². The van der Waals surface area contributed by atoms with E-state index in [1.165, 1.54) is 23.8 Å². The number of hydrogen-bond donors (Lipinski definition) is 2. The molecule has 0 bridgehead atoms. The van der Waals surface area contributed by atoms with Crippen molar-refractivity contribution < 1.29 is 13.9 Å². The summed E-state index contributed by atoms with van der Waals surface area (Å²) in [6.45, 7) is 0.706. The lowest BCUT2D eigenvalue weighted by Gasteiger charge is -2.19.